The first-order valence-corrected chi connectivity index (χ1v) is 9.69. The smallest absolute Gasteiger partial charge is 0.307 e. The number of carboxylic acids is 1. The van der Waals surface area contributed by atoms with Gasteiger partial charge in [-0.1, -0.05) is 12.1 Å². The van der Waals surface area contributed by atoms with E-state index in [1.807, 2.05) is 36.6 Å². The van der Waals surface area contributed by atoms with Crippen LogP contribution in [0.15, 0.2) is 29.6 Å². The number of hydrogen-bond acceptors (Lipinski definition) is 6. The van der Waals surface area contributed by atoms with Crippen molar-refractivity contribution in [2.24, 2.45) is 0 Å². The monoisotopic (exact) mass is 387 g/mol. The fourth-order valence-corrected chi connectivity index (χ4v) is 4.37. The average molecular weight is 387 g/mol. The van der Waals surface area contributed by atoms with Crippen molar-refractivity contribution < 1.29 is 14.7 Å². The summed E-state index contributed by atoms with van der Waals surface area (Å²) in [6.45, 7) is 3.92. The van der Waals surface area contributed by atoms with Crippen molar-refractivity contribution in [3.63, 3.8) is 0 Å². The molecule has 6 nitrogen and oxygen atoms in total. The minimum atomic E-state index is -0.926. The summed E-state index contributed by atoms with van der Waals surface area (Å²) in [5, 5.41) is 12.4. The van der Waals surface area contributed by atoms with E-state index in [0.29, 0.717) is 28.0 Å². The highest BCUT2D eigenvalue weighted by atomic mass is 32.1. The van der Waals surface area contributed by atoms with E-state index in [4.69, 9.17) is 0 Å². The van der Waals surface area contributed by atoms with Crippen LogP contribution in [0.1, 0.15) is 31.0 Å². The van der Waals surface area contributed by atoms with Crippen molar-refractivity contribution in [1.82, 2.24) is 9.97 Å². The van der Waals surface area contributed by atoms with Crippen molar-refractivity contribution >= 4 is 61.5 Å². The molecule has 26 heavy (non-hydrogen) atoms. The number of aliphatic carboxylic acids is 1. The first-order valence-electron chi connectivity index (χ1n) is 8.00. The molecule has 0 unspecified atom stereocenters. The van der Waals surface area contributed by atoms with Crippen LogP contribution in [-0.4, -0.2) is 33.5 Å². The molecule has 0 bridgehead atoms. The lowest BCUT2D eigenvalue weighted by molar-refractivity contribution is -0.135. The van der Waals surface area contributed by atoms with Crippen LogP contribution in [-0.2, 0) is 9.59 Å². The van der Waals surface area contributed by atoms with Crippen LogP contribution in [0.3, 0.4) is 0 Å². The van der Waals surface area contributed by atoms with E-state index < -0.39 is 5.97 Å². The number of para-hydroxylation sites is 1. The van der Waals surface area contributed by atoms with Gasteiger partial charge in [0.25, 0.3) is 0 Å². The maximum atomic E-state index is 11.7. The summed E-state index contributed by atoms with van der Waals surface area (Å²) >= 11 is 2.81. The average Bonchev–Trinajstić information content (AvgIpc) is 3.21. The highest BCUT2D eigenvalue weighted by molar-refractivity contribution is 7.19. The third kappa shape index (κ3) is 3.97. The lowest BCUT2D eigenvalue weighted by atomic mass is 10.1. The maximum Gasteiger partial charge on any atom is 0.307 e. The Morgan fingerprint density at radius 2 is 2.04 bits per heavy atom. The van der Waals surface area contributed by atoms with Gasteiger partial charge in [-0.25, -0.2) is 9.97 Å². The van der Waals surface area contributed by atoms with Gasteiger partial charge >= 0.3 is 5.97 Å². The molecule has 0 spiro atoms. The number of hydrogen-bond donors (Lipinski definition) is 1. The van der Waals surface area contributed by atoms with Gasteiger partial charge < -0.3 is 5.11 Å². The van der Waals surface area contributed by atoms with Gasteiger partial charge in [-0.3, -0.25) is 14.5 Å². The third-order valence-electron chi connectivity index (χ3n) is 3.67. The van der Waals surface area contributed by atoms with Crippen LogP contribution in [0.5, 0.6) is 0 Å². The molecule has 0 aliphatic rings. The van der Waals surface area contributed by atoms with E-state index in [1.165, 1.54) is 29.6 Å². The Labute approximate surface area is 158 Å². The van der Waals surface area contributed by atoms with Crippen LogP contribution in [0.4, 0.5) is 5.13 Å². The molecule has 0 aliphatic carbocycles. The fraction of sp³-hybridized carbons (Fsp3) is 0.222. The molecule has 0 radical (unpaired) electrons. The SMILES string of the molecule is CCN(C(C)=O)c1nc(/C=C(/CC(=O)O)c2nc3ccccc3s2)cs1. The number of aromatic nitrogens is 2. The van der Waals surface area contributed by atoms with Crippen LogP contribution >= 0.6 is 22.7 Å². The fourth-order valence-electron chi connectivity index (χ4n) is 2.50. The normalized spacial score (nSPS) is 11.7. The summed E-state index contributed by atoms with van der Waals surface area (Å²) in [7, 11) is 0. The van der Waals surface area contributed by atoms with Crippen LogP contribution in [0.25, 0.3) is 21.9 Å². The maximum absolute atomic E-state index is 11.7. The minimum Gasteiger partial charge on any atom is -0.481 e. The molecule has 2 aromatic heterocycles. The number of carboxylic acid groups (broad SMARTS) is 1. The number of thiazole rings is 2. The van der Waals surface area contributed by atoms with Gasteiger partial charge in [0.2, 0.25) is 5.91 Å². The molecule has 1 N–H and O–H groups in total. The first-order chi connectivity index (χ1) is 12.5. The van der Waals surface area contributed by atoms with E-state index in [2.05, 4.69) is 9.97 Å². The van der Waals surface area contributed by atoms with E-state index in [0.717, 1.165) is 10.2 Å². The molecular weight excluding hydrogens is 370 g/mol. The lowest BCUT2D eigenvalue weighted by Crippen LogP contribution is -2.27. The van der Waals surface area contributed by atoms with E-state index in [9.17, 15) is 14.7 Å². The van der Waals surface area contributed by atoms with E-state index in [1.54, 1.807) is 11.0 Å². The molecular formula is C18H17N3O3S2. The van der Waals surface area contributed by atoms with E-state index in [-0.39, 0.29) is 12.3 Å². The molecule has 0 aliphatic heterocycles. The summed E-state index contributed by atoms with van der Waals surface area (Å²) in [5.41, 5.74) is 2.07. The Balaban J connectivity index is 1.99. The Morgan fingerprint density at radius 1 is 1.27 bits per heavy atom. The van der Waals surface area contributed by atoms with Gasteiger partial charge in [-0.2, -0.15) is 0 Å². The third-order valence-corrected chi connectivity index (χ3v) is 5.66. The Morgan fingerprint density at radius 3 is 2.69 bits per heavy atom. The molecule has 2 heterocycles. The molecule has 0 fully saturated rings. The van der Waals surface area contributed by atoms with Crippen molar-refractivity contribution in [3.8, 4) is 0 Å². The number of carbonyl (C=O) groups excluding carboxylic acids is 1. The number of carbonyl (C=O) groups is 2. The molecule has 134 valence electrons. The van der Waals surface area contributed by atoms with Crippen LogP contribution in [0, 0.1) is 0 Å². The highest BCUT2D eigenvalue weighted by Crippen LogP contribution is 2.31. The zero-order valence-electron chi connectivity index (χ0n) is 14.3. The number of anilines is 1. The topological polar surface area (TPSA) is 83.4 Å². The molecule has 0 saturated carbocycles. The summed E-state index contributed by atoms with van der Waals surface area (Å²) in [4.78, 5) is 33.6. The van der Waals surface area contributed by atoms with Crippen molar-refractivity contribution in [3.05, 3.63) is 40.3 Å². The van der Waals surface area contributed by atoms with Crippen molar-refractivity contribution in [2.75, 3.05) is 11.4 Å². The Hall–Kier alpha value is -2.58. The van der Waals surface area contributed by atoms with Crippen molar-refractivity contribution in [2.45, 2.75) is 20.3 Å². The summed E-state index contributed by atoms with van der Waals surface area (Å²) < 4.78 is 1.01. The quantitative estimate of drug-likeness (QED) is 0.687. The second-order valence-corrected chi connectivity index (χ2v) is 7.41. The first kappa shape index (κ1) is 18.2. The minimum absolute atomic E-state index is 0.0747. The number of fused-ring (bicyclic) bond motifs is 1. The molecule has 0 atom stereocenters. The van der Waals surface area contributed by atoms with Gasteiger partial charge in [0.05, 0.1) is 22.3 Å². The largest absolute Gasteiger partial charge is 0.481 e. The van der Waals surface area contributed by atoms with Gasteiger partial charge in [0.15, 0.2) is 5.13 Å². The van der Waals surface area contributed by atoms with Gasteiger partial charge in [0.1, 0.15) is 5.01 Å². The summed E-state index contributed by atoms with van der Waals surface area (Å²) in [6, 6.07) is 7.70. The zero-order chi connectivity index (χ0) is 18.7. The standard InChI is InChI=1S/C18H17N3O3S2/c1-3-21(11(2)22)18-19-13(10-25-18)8-12(9-16(23)24)17-20-14-6-4-5-7-15(14)26-17/h4-8,10H,3,9H2,1-2H3,(H,23,24)/b12-8-. The van der Waals surface area contributed by atoms with Gasteiger partial charge in [-0.15, -0.1) is 22.7 Å². The number of nitrogens with zero attached hydrogens (tertiary/aromatic N) is 3. The number of rotatable bonds is 6. The van der Waals surface area contributed by atoms with Gasteiger partial charge in [-0.05, 0) is 25.1 Å². The number of benzene rings is 1. The lowest BCUT2D eigenvalue weighted by Gasteiger charge is -2.14. The van der Waals surface area contributed by atoms with Gasteiger partial charge in [0, 0.05) is 24.4 Å². The second-order valence-electron chi connectivity index (χ2n) is 5.55. The molecule has 3 aromatic rings. The summed E-state index contributed by atoms with van der Waals surface area (Å²) in [6.07, 6.45) is 1.59. The predicted molar refractivity (Wildman–Crippen MR) is 106 cm³/mol. The van der Waals surface area contributed by atoms with Crippen LogP contribution in [0.2, 0.25) is 0 Å². The molecule has 8 heteroatoms. The molecule has 1 aromatic carbocycles. The molecule has 1 amide bonds. The zero-order valence-corrected chi connectivity index (χ0v) is 15.9. The van der Waals surface area contributed by atoms with Crippen molar-refractivity contribution in [1.29, 1.82) is 0 Å². The van der Waals surface area contributed by atoms with Crippen LogP contribution < -0.4 is 4.90 Å². The number of amides is 1. The molecule has 3 rings (SSSR count). The highest BCUT2D eigenvalue weighted by Gasteiger charge is 2.16. The predicted octanol–water partition coefficient (Wildman–Crippen LogP) is 4.14. The Bertz CT molecular complexity index is 957. The summed E-state index contributed by atoms with van der Waals surface area (Å²) in [5.74, 6) is -1.00. The Kier molecular flexibility index (Phi) is 5.43. The second kappa shape index (κ2) is 7.76. The molecule has 0 saturated heterocycles. The van der Waals surface area contributed by atoms with E-state index >= 15 is 0 Å².